The fourth-order valence-electron chi connectivity index (χ4n) is 3.07. The van der Waals surface area contributed by atoms with Gasteiger partial charge in [0.2, 0.25) is 11.8 Å². The van der Waals surface area contributed by atoms with Gasteiger partial charge < -0.3 is 20.5 Å². The van der Waals surface area contributed by atoms with Crippen LogP contribution in [0.4, 0.5) is 5.69 Å². The van der Waals surface area contributed by atoms with E-state index in [1.165, 1.54) is 0 Å². The number of carbonyl (C=O) groups is 3. The molecular weight excluding hydrogens is 312 g/mol. The van der Waals surface area contributed by atoms with Gasteiger partial charge in [-0.25, -0.2) is 4.79 Å². The van der Waals surface area contributed by atoms with E-state index < -0.39 is 18.2 Å². The Kier molecular flexibility index (Phi) is 4.53. The predicted molar refractivity (Wildman–Crippen MR) is 85.5 cm³/mol. The monoisotopic (exact) mass is 332 g/mol. The number of carbonyl (C=O) groups excluding carboxylic acids is 2. The maximum atomic E-state index is 12.2. The number of anilines is 1. The van der Waals surface area contributed by atoms with Crippen molar-refractivity contribution in [2.75, 3.05) is 5.32 Å². The highest BCUT2D eigenvalue weighted by atomic mass is 16.5. The van der Waals surface area contributed by atoms with Crippen molar-refractivity contribution in [3.8, 4) is 0 Å². The van der Waals surface area contributed by atoms with Crippen LogP contribution in [0.25, 0.3) is 0 Å². The standard InChI is InChI=1S/C17H20N2O5/c1-9(18-16(21)13-5-6-14(24-13)17(22)23)10-2-4-12-11(8-10)3-7-15(20)19-12/h2,4,8-9,13-14H,3,5-7H2,1H3,(H,18,21)(H,19,20)(H,22,23)/t9?,13-,14+/m0/s1. The third kappa shape index (κ3) is 3.41. The van der Waals surface area contributed by atoms with Gasteiger partial charge in [-0.2, -0.15) is 0 Å². The van der Waals surface area contributed by atoms with Crippen molar-refractivity contribution in [3.05, 3.63) is 29.3 Å². The number of aliphatic carboxylic acids is 1. The molecular formula is C17H20N2O5. The van der Waals surface area contributed by atoms with Crippen LogP contribution in [0.3, 0.4) is 0 Å². The van der Waals surface area contributed by atoms with Gasteiger partial charge in [0.05, 0.1) is 6.04 Å². The first-order valence-corrected chi connectivity index (χ1v) is 8.05. The summed E-state index contributed by atoms with van der Waals surface area (Å²) >= 11 is 0. The van der Waals surface area contributed by atoms with Crippen LogP contribution in [0.2, 0.25) is 0 Å². The van der Waals surface area contributed by atoms with Gasteiger partial charge in [-0.1, -0.05) is 12.1 Å². The Bertz CT molecular complexity index is 688. The molecule has 1 saturated heterocycles. The van der Waals surface area contributed by atoms with E-state index in [0.717, 1.165) is 16.8 Å². The summed E-state index contributed by atoms with van der Waals surface area (Å²) in [5.41, 5.74) is 2.80. The molecule has 3 rings (SSSR count). The van der Waals surface area contributed by atoms with E-state index in [0.29, 0.717) is 25.7 Å². The van der Waals surface area contributed by atoms with Crippen molar-refractivity contribution in [2.45, 2.75) is 50.9 Å². The number of benzene rings is 1. The van der Waals surface area contributed by atoms with Crippen molar-refractivity contribution >= 4 is 23.5 Å². The second kappa shape index (κ2) is 6.60. The molecule has 0 saturated carbocycles. The maximum absolute atomic E-state index is 12.2. The van der Waals surface area contributed by atoms with Gasteiger partial charge in [-0.05, 0) is 43.4 Å². The fraction of sp³-hybridized carbons (Fsp3) is 0.471. The summed E-state index contributed by atoms with van der Waals surface area (Å²) in [6.07, 6.45) is 0.283. The number of hydrogen-bond acceptors (Lipinski definition) is 4. The van der Waals surface area contributed by atoms with E-state index >= 15 is 0 Å². The lowest BCUT2D eigenvalue weighted by atomic mass is 9.97. The van der Waals surface area contributed by atoms with Crippen LogP contribution < -0.4 is 10.6 Å². The second-order valence-corrected chi connectivity index (χ2v) is 6.22. The average molecular weight is 332 g/mol. The van der Waals surface area contributed by atoms with Gasteiger partial charge in [0.1, 0.15) is 6.10 Å². The largest absolute Gasteiger partial charge is 0.479 e. The highest BCUT2D eigenvalue weighted by Gasteiger charge is 2.35. The van der Waals surface area contributed by atoms with E-state index in [2.05, 4.69) is 10.6 Å². The topological polar surface area (TPSA) is 105 Å². The molecule has 7 heteroatoms. The van der Waals surface area contributed by atoms with Crippen LogP contribution in [0.1, 0.15) is 43.4 Å². The van der Waals surface area contributed by atoms with Crippen molar-refractivity contribution in [2.24, 2.45) is 0 Å². The minimum Gasteiger partial charge on any atom is -0.479 e. The summed E-state index contributed by atoms with van der Waals surface area (Å²) in [5.74, 6) is -1.31. The molecule has 2 amide bonds. The first kappa shape index (κ1) is 16.4. The molecule has 24 heavy (non-hydrogen) atoms. The maximum Gasteiger partial charge on any atom is 0.332 e. The van der Waals surface area contributed by atoms with Gasteiger partial charge >= 0.3 is 5.97 Å². The number of amides is 2. The minimum atomic E-state index is -1.03. The quantitative estimate of drug-likeness (QED) is 0.772. The van der Waals surface area contributed by atoms with E-state index in [1.807, 2.05) is 25.1 Å². The summed E-state index contributed by atoms with van der Waals surface area (Å²) in [6.45, 7) is 1.87. The third-order valence-electron chi connectivity index (χ3n) is 4.47. The van der Waals surface area contributed by atoms with Crippen LogP contribution in [-0.2, 0) is 25.5 Å². The lowest BCUT2D eigenvalue weighted by molar-refractivity contribution is -0.151. The summed E-state index contributed by atoms with van der Waals surface area (Å²) in [7, 11) is 0. The number of ether oxygens (including phenoxy) is 1. The van der Waals surface area contributed by atoms with E-state index in [9.17, 15) is 14.4 Å². The first-order chi connectivity index (χ1) is 11.4. The molecule has 1 fully saturated rings. The molecule has 1 aromatic rings. The molecule has 0 radical (unpaired) electrons. The van der Waals surface area contributed by atoms with Crippen LogP contribution in [0.5, 0.6) is 0 Å². The highest BCUT2D eigenvalue weighted by Crippen LogP contribution is 2.27. The van der Waals surface area contributed by atoms with E-state index in [1.54, 1.807) is 0 Å². The van der Waals surface area contributed by atoms with Crippen molar-refractivity contribution in [1.29, 1.82) is 0 Å². The summed E-state index contributed by atoms with van der Waals surface area (Å²) in [4.78, 5) is 34.5. The molecule has 0 aliphatic carbocycles. The van der Waals surface area contributed by atoms with Gasteiger partial charge in [0.15, 0.2) is 6.10 Å². The zero-order valence-corrected chi connectivity index (χ0v) is 13.4. The molecule has 7 nitrogen and oxygen atoms in total. The molecule has 0 aromatic heterocycles. The Labute approximate surface area is 139 Å². The normalized spacial score (nSPS) is 24.0. The summed E-state index contributed by atoms with van der Waals surface area (Å²) in [6, 6.07) is 5.46. The Morgan fingerprint density at radius 3 is 2.75 bits per heavy atom. The molecule has 128 valence electrons. The predicted octanol–water partition coefficient (Wildman–Crippen LogP) is 1.38. The molecule has 2 aliphatic heterocycles. The molecule has 1 unspecified atom stereocenters. The van der Waals surface area contributed by atoms with Crippen molar-refractivity contribution in [1.82, 2.24) is 5.32 Å². The Hall–Kier alpha value is -2.41. The van der Waals surface area contributed by atoms with Gasteiger partial charge in [-0.3, -0.25) is 9.59 Å². The molecule has 0 spiro atoms. The number of hydrogen-bond donors (Lipinski definition) is 3. The van der Waals surface area contributed by atoms with Crippen LogP contribution in [0, 0.1) is 0 Å². The minimum absolute atomic E-state index is 0.0166. The second-order valence-electron chi connectivity index (χ2n) is 6.22. The number of aryl methyl sites for hydroxylation is 1. The molecule has 0 bridgehead atoms. The lowest BCUT2D eigenvalue weighted by Gasteiger charge is -2.21. The Morgan fingerprint density at radius 1 is 1.29 bits per heavy atom. The average Bonchev–Trinajstić information content (AvgIpc) is 3.04. The fourth-order valence-corrected chi connectivity index (χ4v) is 3.07. The number of fused-ring (bicyclic) bond motifs is 1. The lowest BCUT2D eigenvalue weighted by Crippen LogP contribution is -2.37. The summed E-state index contributed by atoms with van der Waals surface area (Å²) in [5, 5.41) is 14.6. The Balaban J connectivity index is 1.63. The smallest absolute Gasteiger partial charge is 0.332 e. The first-order valence-electron chi connectivity index (χ1n) is 8.05. The zero-order chi connectivity index (χ0) is 17.3. The molecule has 1 aromatic carbocycles. The molecule has 2 aliphatic rings. The highest BCUT2D eigenvalue weighted by molar-refractivity contribution is 5.94. The van der Waals surface area contributed by atoms with Crippen molar-refractivity contribution in [3.63, 3.8) is 0 Å². The van der Waals surface area contributed by atoms with Gasteiger partial charge in [-0.15, -0.1) is 0 Å². The van der Waals surface area contributed by atoms with Crippen LogP contribution >= 0.6 is 0 Å². The molecule has 3 N–H and O–H groups in total. The number of rotatable bonds is 4. The van der Waals surface area contributed by atoms with Crippen LogP contribution in [0.15, 0.2) is 18.2 Å². The van der Waals surface area contributed by atoms with Gasteiger partial charge in [0.25, 0.3) is 0 Å². The third-order valence-corrected chi connectivity index (χ3v) is 4.47. The van der Waals surface area contributed by atoms with Gasteiger partial charge in [0, 0.05) is 12.1 Å². The summed E-state index contributed by atoms with van der Waals surface area (Å²) < 4.78 is 5.26. The van der Waals surface area contributed by atoms with Crippen LogP contribution in [-0.4, -0.2) is 35.1 Å². The molecule has 3 atom stereocenters. The van der Waals surface area contributed by atoms with Crippen molar-refractivity contribution < 1.29 is 24.2 Å². The SMILES string of the molecule is CC(NC(=O)[C@@H]1CC[C@H](C(=O)O)O1)c1ccc2c(c1)CCC(=O)N2. The Morgan fingerprint density at radius 2 is 2.04 bits per heavy atom. The molecule has 2 heterocycles. The van der Waals surface area contributed by atoms with E-state index in [4.69, 9.17) is 9.84 Å². The number of carboxylic acid groups (broad SMARTS) is 1. The van der Waals surface area contributed by atoms with E-state index in [-0.39, 0.29) is 17.9 Å². The zero-order valence-electron chi connectivity index (χ0n) is 13.4. The number of carboxylic acids is 1. The number of nitrogens with one attached hydrogen (secondary N) is 2.